The minimum Gasteiger partial charge on any atom is -0.329 e. The molecule has 0 radical (unpaired) electrons. The second-order valence-corrected chi connectivity index (χ2v) is 5.77. The van der Waals surface area contributed by atoms with Crippen molar-refractivity contribution in [3.05, 3.63) is 0 Å². The lowest BCUT2D eigenvalue weighted by Gasteiger charge is -2.36. The average Bonchev–Trinajstić information content (AvgIpc) is 2.38. The van der Waals surface area contributed by atoms with E-state index in [1.807, 2.05) is 0 Å². The predicted octanol–water partition coefficient (Wildman–Crippen LogP) is 3.40. The van der Waals surface area contributed by atoms with Gasteiger partial charge in [0, 0.05) is 18.6 Å². The van der Waals surface area contributed by atoms with E-state index in [1.54, 1.807) is 0 Å². The van der Waals surface area contributed by atoms with Crippen LogP contribution in [0, 0.1) is 5.92 Å². The molecule has 1 aliphatic rings. The van der Waals surface area contributed by atoms with Crippen LogP contribution in [0.4, 0.5) is 0 Å². The van der Waals surface area contributed by atoms with Gasteiger partial charge in [0.15, 0.2) is 0 Å². The molecule has 102 valence electrons. The van der Waals surface area contributed by atoms with Crippen LogP contribution in [0.15, 0.2) is 0 Å². The molecule has 2 N–H and O–H groups in total. The molecular formula is C15H32N2. The van der Waals surface area contributed by atoms with Crippen molar-refractivity contribution in [1.82, 2.24) is 4.90 Å². The van der Waals surface area contributed by atoms with Crippen LogP contribution in [0.3, 0.4) is 0 Å². The minimum atomic E-state index is 0.600. The summed E-state index contributed by atoms with van der Waals surface area (Å²) in [4.78, 5) is 2.55. The lowest BCUT2D eigenvalue weighted by molar-refractivity contribution is 0.135. The van der Waals surface area contributed by atoms with E-state index in [1.165, 1.54) is 51.4 Å². The normalized spacial score (nSPS) is 20.1. The molecule has 17 heavy (non-hydrogen) atoms. The van der Waals surface area contributed by atoms with Crippen molar-refractivity contribution in [2.45, 2.75) is 77.3 Å². The predicted molar refractivity (Wildman–Crippen MR) is 76.2 cm³/mol. The molecule has 0 saturated heterocycles. The SMILES string of the molecule is CCC(CC)N(C)C(CN)CC1CCCCC1. The first-order valence-corrected chi connectivity index (χ1v) is 7.64. The van der Waals surface area contributed by atoms with E-state index in [2.05, 4.69) is 25.8 Å². The third-order valence-electron chi connectivity index (χ3n) is 4.70. The molecule has 0 spiro atoms. The van der Waals surface area contributed by atoms with E-state index in [-0.39, 0.29) is 0 Å². The molecule has 2 nitrogen and oxygen atoms in total. The molecule has 1 rings (SSSR count). The van der Waals surface area contributed by atoms with Gasteiger partial charge in [-0.25, -0.2) is 0 Å². The quantitative estimate of drug-likeness (QED) is 0.739. The van der Waals surface area contributed by atoms with Gasteiger partial charge in [0.2, 0.25) is 0 Å². The smallest absolute Gasteiger partial charge is 0.0220 e. The summed E-state index contributed by atoms with van der Waals surface area (Å²) in [5, 5.41) is 0. The fourth-order valence-corrected chi connectivity index (χ4v) is 3.40. The number of hydrogen-bond acceptors (Lipinski definition) is 2. The summed E-state index contributed by atoms with van der Waals surface area (Å²) in [5.41, 5.74) is 6.00. The summed E-state index contributed by atoms with van der Waals surface area (Å²) in [6.45, 7) is 5.40. The van der Waals surface area contributed by atoms with Crippen molar-refractivity contribution in [3.63, 3.8) is 0 Å². The first-order valence-electron chi connectivity index (χ1n) is 7.64. The summed E-state index contributed by atoms with van der Waals surface area (Å²) in [6, 6.07) is 1.31. The van der Waals surface area contributed by atoms with E-state index in [9.17, 15) is 0 Å². The van der Waals surface area contributed by atoms with Gasteiger partial charge in [0.25, 0.3) is 0 Å². The van der Waals surface area contributed by atoms with Crippen LogP contribution in [-0.2, 0) is 0 Å². The standard InChI is InChI=1S/C15H32N2/c1-4-14(5-2)17(3)15(12-16)11-13-9-7-6-8-10-13/h13-15H,4-12,16H2,1-3H3. The minimum absolute atomic E-state index is 0.600. The van der Waals surface area contributed by atoms with Crippen molar-refractivity contribution < 1.29 is 0 Å². The van der Waals surface area contributed by atoms with Gasteiger partial charge in [0.1, 0.15) is 0 Å². The Balaban J connectivity index is 2.45. The summed E-state index contributed by atoms with van der Waals surface area (Å²) in [5.74, 6) is 0.939. The van der Waals surface area contributed by atoms with E-state index in [0.29, 0.717) is 12.1 Å². The first-order chi connectivity index (χ1) is 8.22. The Morgan fingerprint density at radius 1 is 1.06 bits per heavy atom. The van der Waals surface area contributed by atoms with Gasteiger partial charge in [-0.1, -0.05) is 46.0 Å². The van der Waals surface area contributed by atoms with Crippen LogP contribution in [0.2, 0.25) is 0 Å². The largest absolute Gasteiger partial charge is 0.329 e. The van der Waals surface area contributed by atoms with Crippen molar-refractivity contribution in [2.24, 2.45) is 11.7 Å². The molecule has 0 heterocycles. The summed E-state index contributed by atoms with van der Waals surface area (Å²) >= 11 is 0. The van der Waals surface area contributed by atoms with Crippen molar-refractivity contribution in [2.75, 3.05) is 13.6 Å². The first kappa shape index (κ1) is 15.0. The Hall–Kier alpha value is -0.0800. The van der Waals surface area contributed by atoms with Crippen LogP contribution >= 0.6 is 0 Å². The Labute approximate surface area is 108 Å². The third-order valence-corrected chi connectivity index (χ3v) is 4.70. The van der Waals surface area contributed by atoms with Gasteiger partial charge >= 0.3 is 0 Å². The van der Waals surface area contributed by atoms with E-state index in [0.717, 1.165) is 12.5 Å². The van der Waals surface area contributed by atoms with Crippen LogP contribution in [0.5, 0.6) is 0 Å². The highest BCUT2D eigenvalue weighted by Gasteiger charge is 2.23. The lowest BCUT2D eigenvalue weighted by atomic mass is 9.84. The summed E-state index contributed by atoms with van der Waals surface area (Å²) < 4.78 is 0. The van der Waals surface area contributed by atoms with Gasteiger partial charge in [-0.05, 0) is 32.2 Å². The number of rotatable bonds is 7. The average molecular weight is 240 g/mol. The van der Waals surface area contributed by atoms with Crippen LogP contribution in [0.1, 0.15) is 65.2 Å². The molecule has 0 aromatic heterocycles. The monoisotopic (exact) mass is 240 g/mol. The third kappa shape index (κ3) is 4.59. The number of likely N-dealkylation sites (N-methyl/N-ethyl adjacent to an activating group) is 1. The van der Waals surface area contributed by atoms with Crippen LogP contribution in [0.25, 0.3) is 0 Å². The Morgan fingerprint density at radius 2 is 1.65 bits per heavy atom. The molecule has 1 atom stereocenters. The number of hydrogen-bond donors (Lipinski definition) is 1. The van der Waals surface area contributed by atoms with E-state index < -0.39 is 0 Å². The van der Waals surface area contributed by atoms with E-state index in [4.69, 9.17) is 5.73 Å². The van der Waals surface area contributed by atoms with Gasteiger partial charge < -0.3 is 5.73 Å². The fraction of sp³-hybridized carbons (Fsp3) is 1.00. The molecule has 0 bridgehead atoms. The van der Waals surface area contributed by atoms with Gasteiger partial charge in [-0.15, -0.1) is 0 Å². The second kappa shape index (κ2) is 8.10. The zero-order chi connectivity index (χ0) is 12.7. The van der Waals surface area contributed by atoms with Crippen molar-refractivity contribution in [3.8, 4) is 0 Å². The molecule has 2 heteroatoms. The Bertz CT molecular complexity index is 183. The molecule has 1 fully saturated rings. The van der Waals surface area contributed by atoms with Gasteiger partial charge in [-0.3, -0.25) is 4.90 Å². The maximum absolute atomic E-state index is 6.00. The lowest BCUT2D eigenvalue weighted by Crippen LogP contribution is -2.45. The van der Waals surface area contributed by atoms with Gasteiger partial charge in [0.05, 0.1) is 0 Å². The number of nitrogens with two attached hydrogens (primary N) is 1. The Kier molecular flexibility index (Phi) is 7.14. The molecule has 1 aliphatic carbocycles. The maximum atomic E-state index is 6.00. The highest BCUT2D eigenvalue weighted by atomic mass is 15.2. The zero-order valence-corrected chi connectivity index (χ0v) is 12.1. The Morgan fingerprint density at radius 3 is 2.12 bits per heavy atom. The zero-order valence-electron chi connectivity index (χ0n) is 12.1. The topological polar surface area (TPSA) is 29.3 Å². The molecular weight excluding hydrogens is 208 g/mol. The van der Waals surface area contributed by atoms with E-state index >= 15 is 0 Å². The fourth-order valence-electron chi connectivity index (χ4n) is 3.40. The summed E-state index contributed by atoms with van der Waals surface area (Å²) in [7, 11) is 2.28. The van der Waals surface area contributed by atoms with Crippen molar-refractivity contribution >= 4 is 0 Å². The molecule has 1 saturated carbocycles. The molecule has 0 aromatic rings. The second-order valence-electron chi connectivity index (χ2n) is 5.77. The van der Waals surface area contributed by atoms with Crippen LogP contribution < -0.4 is 5.73 Å². The molecule has 0 aromatic carbocycles. The highest BCUT2D eigenvalue weighted by Crippen LogP contribution is 2.28. The van der Waals surface area contributed by atoms with Crippen LogP contribution in [-0.4, -0.2) is 30.6 Å². The summed E-state index contributed by atoms with van der Waals surface area (Å²) in [6.07, 6.45) is 11.0. The molecule has 1 unspecified atom stereocenters. The number of nitrogens with zero attached hydrogens (tertiary/aromatic N) is 1. The van der Waals surface area contributed by atoms with Gasteiger partial charge in [-0.2, -0.15) is 0 Å². The molecule has 0 aliphatic heterocycles. The molecule has 0 amide bonds. The maximum Gasteiger partial charge on any atom is 0.0220 e. The highest BCUT2D eigenvalue weighted by molar-refractivity contribution is 4.80. The van der Waals surface area contributed by atoms with Crippen molar-refractivity contribution in [1.29, 1.82) is 0 Å².